The second-order valence-corrected chi connectivity index (χ2v) is 6.07. The lowest BCUT2D eigenvalue weighted by Crippen LogP contribution is -2.30. The first-order chi connectivity index (χ1) is 12.8. The predicted octanol–water partition coefficient (Wildman–Crippen LogP) is 3.68. The number of non-ortho nitro benzene ring substituents is 1. The van der Waals surface area contributed by atoms with E-state index in [1.165, 1.54) is 24.3 Å². The van der Waals surface area contributed by atoms with E-state index in [1.54, 1.807) is 37.3 Å². The Morgan fingerprint density at radius 3 is 2.63 bits per heavy atom. The summed E-state index contributed by atoms with van der Waals surface area (Å²) in [6, 6.07) is 12.5. The highest BCUT2D eigenvalue weighted by molar-refractivity contribution is 6.30. The molecule has 1 N–H and O–H groups in total. The normalized spacial score (nSPS) is 11.8. The van der Waals surface area contributed by atoms with Gasteiger partial charge in [-0.25, -0.2) is 4.79 Å². The smallest absolute Gasteiger partial charge is 0.331 e. The summed E-state index contributed by atoms with van der Waals surface area (Å²) in [6.07, 6.45) is 2.48. The second-order valence-electron chi connectivity index (χ2n) is 5.63. The van der Waals surface area contributed by atoms with E-state index in [9.17, 15) is 19.7 Å². The molecule has 0 fully saturated rings. The van der Waals surface area contributed by atoms with Gasteiger partial charge in [0, 0.05) is 23.2 Å². The molecule has 2 aromatic rings. The van der Waals surface area contributed by atoms with E-state index < -0.39 is 23.4 Å². The van der Waals surface area contributed by atoms with Crippen molar-refractivity contribution in [1.29, 1.82) is 0 Å². The van der Waals surface area contributed by atoms with Gasteiger partial charge in [0.15, 0.2) is 6.61 Å². The minimum Gasteiger partial charge on any atom is -0.452 e. The molecule has 0 aliphatic heterocycles. The highest BCUT2D eigenvalue weighted by Gasteiger charge is 2.11. The third kappa shape index (κ3) is 6.56. The van der Waals surface area contributed by atoms with Crippen LogP contribution in [0.3, 0.4) is 0 Å². The van der Waals surface area contributed by atoms with Gasteiger partial charge in [-0.2, -0.15) is 0 Å². The SMILES string of the molecule is C[C@@H](NC(=O)COC(=O)/C=C/c1cccc([N+](=O)[O-])c1)c1ccc(Cl)cc1. The van der Waals surface area contributed by atoms with Gasteiger partial charge in [-0.05, 0) is 36.3 Å². The van der Waals surface area contributed by atoms with Gasteiger partial charge in [0.1, 0.15) is 0 Å². The summed E-state index contributed by atoms with van der Waals surface area (Å²) in [5.74, 6) is -1.18. The molecule has 1 atom stereocenters. The molecule has 0 aliphatic carbocycles. The van der Waals surface area contributed by atoms with Gasteiger partial charge in [0.25, 0.3) is 11.6 Å². The lowest BCUT2D eigenvalue weighted by Gasteiger charge is -2.14. The van der Waals surface area contributed by atoms with E-state index in [1.807, 2.05) is 0 Å². The maximum absolute atomic E-state index is 11.9. The van der Waals surface area contributed by atoms with Crippen molar-refractivity contribution in [3.63, 3.8) is 0 Å². The van der Waals surface area contributed by atoms with E-state index in [-0.39, 0.29) is 11.7 Å². The quantitative estimate of drug-likeness (QED) is 0.337. The van der Waals surface area contributed by atoms with Gasteiger partial charge in [-0.15, -0.1) is 0 Å². The Labute approximate surface area is 160 Å². The van der Waals surface area contributed by atoms with Crippen LogP contribution < -0.4 is 5.32 Å². The molecule has 7 nitrogen and oxygen atoms in total. The Hall–Kier alpha value is -3.19. The van der Waals surface area contributed by atoms with Gasteiger partial charge in [-0.1, -0.05) is 35.9 Å². The lowest BCUT2D eigenvalue weighted by atomic mass is 10.1. The molecule has 0 aliphatic rings. The number of esters is 1. The molecule has 140 valence electrons. The average Bonchev–Trinajstić information content (AvgIpc) is 2.65. The summed E-state index contributed by atoms with van der Waals surface area (Å²) in [7, 11) is 0. The minimum absolute atomic E-state index is 0.0823. The summed E-state index contributed by atoms with van der Waals surface area (Å²) in [6.45, 7) is 1.36. The molecule has 27 heavy (non-hydrogen) atoms. The van der Waals surface area contributed by atoms with E-state index in [0.29, 0.717) is 10.6 Å². The van der Waals surface area contributed by atoms with Crippen LogP contribution in [0.1, 0.15) is 24.1 Å². The number of hydrogen-bond donors (Lipinski definition) is 1. The fourth-order valence-electron chi connectivity index (χ4n) is 2.21. The van der Waals surface area contributed by atoms with E-state index in [0.717, 1.165) is 11.6 Å². The topological polar surface area (TPSA) is 98.5 Å². The summed E-state index contributed by atoms with van der Waals surface area (Å²) in [4.78, 5) is 33.8. The number of nitro benzene ring substituents is 1. The largest absolute Gasteiger partial charge is 0.452 e. The molecular formula is C19H17ClN2O5. The van der Waals surface area contributed by atoms with E-state index >= 15 is 0 Å². The van der Waals surface area contributed by atoms with E-state index in [4.69, 9.17) is 16.3 Å². The standard InChI is InChI=1S/C19H17ClN2O5/c1-13(15-6-8-16(20)9-7-15)21-18(23)12-27-19(24)10-5-14-3-2-4-17(11-14)22(25)26/h2-11,13H,12H2,1H3,(H,21,23)/b10-5+/t13-/m1/s1. The van der Waals surface area contributed by atoms with Gasteiger partial charge in [-0.3, -0.25) is 14.9 Å². The first kappa shape index (κ1) is 20.1. The summed E-state index contributed by atoms with van der Waals surface area (Å²) < 4.78 is 4.87. The van der Waals surface area contributed by atoms with Gasteiger partial charge < -0.3 is 10.1 Å². The predicted molar refractivity (Wildman–Crippen MR) is 101 cm³/mol. The van der Waals surface area contributed by atoms with Crippen LogP contribution in [0, 0.1) is 10.1 Å². The van der Waals surface area contributed by atoms with Crippen molar-refractivity contribution < 1.29 is 19.2 Å². The second kappa shape index (κ2) is 9.49. The van der Waals surface area contributed by atoms with Crippen LogP contribution in [0.5, 0.6) is 0 Å². The van der Waals surface area contributed by atoms with Crippen LogP contribution in [-0.4, -0.2) is 23.4 Å². The number of nitro groups is 1. The van der Waals surface area contributed by atoms with Crippen molar-refractivity contribution in [2.75, 3.05) is 6.61 Å². The zero-order valence-corrected chi connectivity index (χ0v) is 15.2. The fourth-order valence-corrected chi connectivity index (χ4v) is 2.34. The van der Waals surface area contributed by atoms with Crippen molar-refractivity contribution in [2.45, 2.75) is 13.0 Å². The monoisotopic (exact) mass is 388 g/mol. The number of rotatable bonds is 7. The number of nitrogens with one attached hydrogen (secondary N) is 1. The van der Waals surface area contributed by atoms with Crippen LogP contribution in [-0.2, 0) is 14.3 Å². The molecule has 2 rings (SSSR count). The molecule has 0 unspecified atom stereocenters. The number of carbonyl (C=O) groups excluding carboxylic acids is 2. The van der Waals surface area contributed by atoms with Crippen molar-refractivity contribution >= 4 is 35.2 Å². The number of amides is 1. The number of carbonyl (C=O) groups is 2. The summed E-state index contributed by atoms with van der Waals surface area (Å²) >= 11 is 5.82. The van der Waals surface area contributed by atoms with Crippen molar-refractivity contribution in [2.24, 2.45) is 0 Å². The van der Waals surface area contributed by atoms with Crippen molar-refractivity contribution in [3.05, 3.63) is 80.9 Å². The van der Waals surface area contributed by atoms with Gasteiger partial charge in [0.05, 0.1) is 11.0 Å². The molecule has 0 aromatic heterocycles. The van der Waals surface area contributed by atoms with Gasteiger partial charge in [0.2, 0.25) is 0 Å². The zero-order valence-electron chi connectivity index (χ0n) is 14.4. The molecule has 2 aromatic carbocycles. The van der Waals surface area contributed by atoms with Crippen LogP contribution in [0.2, 0.25) is 5.02 Å². The average molecular weight is 389 g/mol. The maximum atomic E-state index is 11.9. The number of benzene rings is 2. The van der Waals surface area contributed by atoms with Crippen molar-refractivity contribution in [3.8, 4) is 0 Å². The number of halogens is 1. The van der Waals surface area contributed by atoms with Gasteiger partial charge >= 0.3 is 5.97 Å². The molecule has 0 spiro atoms. The Morgan fingerprint density at radius 2 is 1.96 bits per heavy atom. The Bertz CT molecular complexity index is 865. The highest BCUT2D eigenvalue weighted by Crippen LogP contribution is 2.16. The maximum Gasteiger partial charge on any atom is 0.331 e. The highest BCUT2D eigenvalue weighted by atomic mass is 35.5. The third-order valence-electron chi connectivity index (χ3n) is 3.59. The number of ether oxygens (including phenoxy) is 1. The molecule has 0 radical (unpaired) electrons. The zero-order chi connectivity index (χ0) is 19.8. The fraction of sp³-hybridized carbons (Fsp3) is 0.158. The summed E-state index contributed by atoms with van der Waals surface area (Å²) in [5.41, 5.74) is 1.26. The molecule has 0 bridgehead atoms. The Morgan fingerprint density at radius 1 is 1.26 bits per heavy atom. The molecule has 0 heterocycles. The van der Waals surface area contributed by atoms with Crippen LogP contribution in [0.15, 0.2) is 54.6 Å². The molecule has 0 saturated heterocycles. The Kier molecular flexibility index (Phi) is 7.08. The molecule has 8 heteroatoms. The van der Waals surface area contributed by atoms with Crippen LogP contribution in [0.25, 0.3) is 6.08 Å². The lowest BCUT2D eigenvalue weighted by molar-refractivity contribution is -0.384. The number of nitrogens with zero attached hydrogens (tertiary/aromatic N) is 1. The first-order valence-electron chi connectivity index (χ1n) is 7.99. The first-order valence-corrected chi connectivity index (χ1v) is 8.37. The molecule has 0 saturated carbocycles. The number of hydrogen-bond acceptors (Lipinski definition) is 5. The van der Waals surface area contributed by atoms with Crippen molar-refractivity contribution in [1.82, 2.24) is 5.32 Å². The summed E-state index contributed by atoms with van der Waals surface area (Å²) in [5, 5.41) is 14.0. The van der Waals surface area contributed by atoms with Crippen LogP contribution >= 0.6 is 11.6 Å². The third-order valence-corrected chi connectivity index (χ3v) is 3.84. The van der Waals surface area contributed by atoms with E-state index in [2.05, 4.69) is 5.32 Å². The Balaban J connectivity index is 1.82. The minimum atomic E-state index is -0.726. The molecular weight excluding hydrogens is 372 g/mol. The molecule has 1 amide bonds. The van der Waals surface area contributed by atoms with Crippen LogP contribution in [0.4, 0.5) is 5.69 Å².